The third kappa shape index (κ3) is 4.30. The maximum absolute atomic E-state index is 12.0. The van der Waals surface area contributed by atoms with Gasteiger partial charge in [-0.25, -0.2) is 4.79 Å². The largest absolute Gasteiger partial charge is 0.462 e. The van der Waals surface area contributed by atoms with E-state index in [1.807, 2.05) is 11.8 Å². The summed E-state index contributed by atoms with van der Waals surface area (Å²) < 4.78 is 5.24. The number of ether oxygens (including phenoxy) is 1. The molecular formula is C16H26N2O2S. The Bertz CT molecular complexity index is 465. The first kappa shape index (κ1) is 17.7. The van der Waals surface area contributed by atoms with E-state index in [2.05, 4.69) is 25.4 Å². The number of hydrogen-bond donors (Lipinski definition) is 2. The van der Waals surface area contributed by atoms with Crippen molar-refractivity contribution < 1.29 is 9.53 Å². The molecule has 0 saturated heterocycles. The molecule has 118 valence electrons. The lowest BCUT2D eigenvalue weighted by Crippen LogP contribution is -2.32. The highest BCUT2D eigenvalue weighted by Gasteiger charge is 2.26. The summed E-state index contributed by atoms with van der Waals surface area (Å²) in [7, 11) is 0. The van der Waals surface area contributed by atoms with E-state index in [1.165, 1.54) is 0 Å². The first-order valence-electron chi connectivity index (χ1n) is 7.38. The maximum Gasteiger partial charge on any atom is 0.340 e. The number of hydrogen-bond acceptors (Lipinski definition) is 5. The average molecular weight is 310 g/mol. The van der Waals surface area contributed by atoms with Crippen LogP contribution < -0.4 is 11.1 Å². The molecule has 1 aromatic carbocycles. The minimum absolute atomic E-state index is 0.147. The van der Waals surface area contributed by atoms with Crippen molar-refractivity contribution in [3.8, 4) is 0 Å². The van der Waals surface area contributed by atoms with E-state index in [1.54, 1.807) is 25.1 Å². The number of benzene rings is 1. The zero-order chi connectivity index (χ0) is 15.9. The smallest absolute Gasteiger partial charge is 0.340 e. The van der Waals surface area contributed by atoms with Crippen LogP contribution >= 0.6 is 11.8 Å². The third-order valence-electron chi connectivity index (χ3n) is 3.90. The number of anilines is 2. The molecule has 5 heteroatoms. The van der Waals surface area contributed by atoms with Crippen molar-refractivity contribution in [3.05, 3.63) is 23.8 Å². The molecule has 0 radical (unpaired) electrons. The predicted octanol–water partition coefficient (Wildman–Crippen LogP) is 3.78. The molecule has 0 atom stereocenters. The van der Waals surface area contributed by atoms with Crippen molar-refractivity contribution in [2.24, 2.45) is 0 Å². The third-order valence-corrected chi connectivity index (χ3v) is 5.49. The van der Waals surface area contributed by atoms with E-state index in [0.717, 1.165) is 19.4 Å². The molecule has 21 heavy (non-hydrogen) atoms. The molecule has 0 aliphatic heterocycles. The Kier molecular flexibility index (Phi) is 6.89. The SMILES string of the molecule is CCOC(=O)c1cccc(N)c1NCC(CC)(CC)SC. The van der Waals surface area contributed by atoms with Crippen molar-refractivity contribution in [2.45, 2.75) is 38.4 Å². The van der Waals surface area contributed by atoms with Gasteiger partial charge in [0.25, 0.3) is 0 Å². The molecule has 0 heterocycles. The van der Waals surface area contributed by atoms with Gasteiger partial charge < -0.3 is 15.8 Å². The number of carbonyl (C=O) groups is 1. The lowest BCUT2D eigenvalue weighted by molar-refractivity contribution is 0.0527. The first-order valence-corrected chi connectivity index (χ1v) is 8.60. The molecular weight excluding hydrogens is 284 g/mol. The summed E-state index contributed by atoms with van der Waals surface area (Å²) >= 11 is 1.85. The highest BCUT2D eigenvalue weighted by Crippen LogP contribution is 2.32. The van der Waals surface area contributed by atoms with Gasteiger partial charge >= 0.3 is 5.97 Å². The summed E-state index contributed by atoms with van der Waals surface area (Å²) in [5, 5.41) is 3.37. The fraction of sp³-hybridized carbons (Fsp3) is 0.562. The second-order valence-corrected chi connectivity index (χ2v) is 6.21. The molecule has 3 N–H and O–H groups in total. The number of thioether (sulfide) groups is 1. The average Bonchev–Trinajstić information content (AvgIpc) is 2.50. The number of carbonyl (C=O) groups excluding carboxylic acids is 1. The van der Waals surface area contributed by atoms with Gasteiger partial charge in [-0.3, -0.25) is 0 Å². The second-order valence-electron chi connectivity index (χ2n) is 4.94. The Morgan fingerprint density at radius 1 is 1.33 bits per heavy atom. The molecule has 1 rings (SSSR count). The van der Waals surface area contributed by atoms with Crippen LogP contribution in [-0.4, -0.2) is 30.1 Å². The molecule has 0 unspecified atom stereocenters. The normalized spacial score (nSPS) is 11.2. The summed E-state index contributed by atoms with van der Waals surface area (Å²) in [6.45, 7) is 7.28. The fourth-order valence-electron chi connectivity index (χ4n) is 2.26. The molecule has 0 spiro atoms. The Labute approximate surface area is 131 Å². The molecule has 0 aliphatic carbocycles. The van der Waals surface area contributed by atoms with E-state index >= 15 is 0 Å². The standard InChI is InChI=1S/C16H26N2O2S/c1-5-16(6-2,21-4)11-18-14-12(15(19)20-7-3)9-8-10-13(14)17/h8-10,18H,5-7,11,17H2,1-4H3. The zero-order valence-electron chi connectivity index (χ0n) is 13.4. The Morgan fingerprint density at radius 3 is 2.52 bits per heavy atom. The minimum atomic E-state index is -0.338. The highest BCUT2D eigenvalue weighted by atomic mass is 32.2. The van der Waals surface area contributed by atoms with E-state index < -0.39 is 0 Å². The van der Waals surface area contributed by atoms with Crippen LogP contribution in [0.1, 0.15) is 44.0 Å². The van der Waals surface area contributed by atoms with Gasteiger partial charge in [0.2, 0.25) is 0 Å². The highest BCUT2D eigenvalue weighted by molar-refractivity contribution is 8.00. The Morgan fingerprint density at radius 2 is 2.00 bits per heavy atom. The van der Waals surface area contributed by atoms with Crippen molar-refractivity contribution in [2.75, 3.05) is 30.5 Å². The van der Waals surface area contributed by atoms with Crippen LogP contribution in [-0.2, 0) is 4.74 Å². The summed E-state index contributed by atoms with van der Waals surface area (Å²) in [6.07, 6.45) is 4.23. The number of para-hydroxylation sites is 1. The van der Waals surface area contributed by atoms with Crippen LogP contribution in [0.3, 0.4) is 0 Å². The van der Waals surface area contributed by atoms with Gasteiger partial charge in [-0.1, -0.05) is 19.9 Å². The molecule has 0 aliphatic rings. The van der Waals surface area contributed by atoms with Gasteiger partial charge in [-0.15, -0.1) is 0 Å². The number of nitrogens with two attached hydrogens (primary N) is 1. The van der Waals surface area contributed by atoms with Gasteiger partial charge in [0.05, 0.1) is 23.5 Å². The van der Waals surface area contributed by atoms with Crippen LogP contribution in [0.4, 0.5) is 11.4 Å². The van der Waals surface area contributed by atoms with Crippen LogP contribution in [0, 0.1) is 0 Å². The summed E-state index contributed by atoms with van der Waals surface area (Å²) in [5.74, 6) is -0.338. The molecule has 1 aromatic rings. The first-order chi connectivity index (χ1) is 10.0. The molecule has 4 nitrogen and oxygen atoms in total. The van der Waals surface area contributed by atoms with Crippen molar-refractivity contribution in [1.29, 1.82) is 0 Å². The molecule has 0 aromatic heterocycles. The van der Waals surface area contributed by atoms with Crippen LogP contribution in [0.15, 0.2) is 18.2 Å². The maximum atomic E-state index is 12.0. The van der Waals surface area contributed by atoms with Gasteiger partial charge in [-0.05, 0) is 38.2 Å². The molecule has 0 fully saturated rings. The topological polar surface area (TPSA) is 64.3 Å². The van der Waals surface area contributed by atoms with Crippen molar-refractivity contribution in [1.82, 2.24) is 0 Å². The zero-order valence-corrected chi connectivity index (χ0v) is 14.2. The monoisotopic (exact) mass is 310 g/mol. The van der Waals surface area contributed by atoms with E-state index in [9.17, 15) is 4.79 Å². The van der Waals surface area contributed by atoms with Crippen LogP contribution in [0.2, 0.25) is 0 Å². The summed E-state index contributed by atoms with van der Waals surface area (Å²) in [4.78, 5) is 12.0. The lowest BCUT2D eigenvalue weighted by Gasteiger charge is -2.31. The van der Waals surface area contributed by atoms with E-state index in [4.69, 9.17) is 10.5 Å². The predicted molar refractivity (Wildman–Crippen MR) is 92.1 cm³/mol. The Hall–Kier alpha value is -1.36. The lowest BCUT2D eigenvalue weighted by atomic mass is 10.0. The van der Waals surface area contributed by atoms with E-state index in [0.29, 0.717) is 23.5 Å². The number of nitrogens with one attached hydrogen (secondary N) is 1. The summed E-state index contributed by atoms with van der Waals surface area (Å²) in [5.41, 5.74) is 7.78. The van der Waals surface area contributed by atoms with Gasteiger partial charge in [0, 0.05) is 11.3 Å². The Balaban J connectivity index is 2.99. The molecule has 0 bridgehead atoms. The summed E-state index contributed by atoms with van der Waals surface area (Å²) in [6, 6.07) is 5.31. The van der Waals surface area contributed by atoms with Gasteiger partial charge in [0.15, 0.2) is 0 Å². The second kappa shape index (κ2) is 8.17. The molecule has 0 saturated carbocycles. The van der Waals surface area contributed by atoms with Crippen molar-refractivity contribution >= 4 is 29.1 Å². The number of rotatable bonds is 8. The number of nitrogen functional groups attached to an aromatic ring is 1. The van der Waals surface area contributed by atoms with Crippen LogP contribution in [0.25, 0.3) is 0 Å². The van der Waals surface area contributed by atoms with Crippen LogP contribution in [0.5, 0.6) is 0 Å². The van der Waals surface area contributed by atoms with Gasteiger partial charge in [-0.2, -0.15) is 11.8 Å². The van der Waals surface area contributed by atoms with Crippen molar-refractivity contribution in [3.63, 3.8) is 0 Å². The minimum Gasteiger partial charge on any atom is -0.462 e. The number of esters is 1. The quantitative estimate of drug-likeness (QED) is 0.565. The van der Waals surface area contributed by atoms with Gasteiger partial charge in [0.1, 0.15) is 0 Å². The molecule has 0 amide bonds. The fourth-order valence-corrected chi connectivity index (χ4v) is 3.05. The van der Waals surface area contributed by atoms with E-state index in [-0.39, 0.29) is 10.7 Å².